The van der Waals surface area contributed by atoms with Crippen molar-refractivity contribution in [1.29, 1.82) is 0 Å². The van der Waals surface area contributed by atoms with Gasteiger partial charge in [-0.25, -0.2) is 17.4 Å². The summed E-state index contributed by atoms with van der Waals surface area (Å²) >= 11 is 3.34. The second-order valence-corrected chi connectivity index (χ2v) is 6.54. The highest BCUT2D eigenvalue weighted by molar-refractivity contribution is 9.10. The predicted octanol–water partition coefficient (Wildman–Crippen LogP) is 2.67. The summed E-state index contributed by atoms with van der Waals surface area (Å²) in [5.74, 6) is 0.517. The molecule has 5 nitrogen and oxygen atoms in total. The van der Waals surface area contributed by atoms with Gasteiger partial charge in [-0.2, -0.15) is 0 Å². The van der Waals surface area contributed by atoms with Crippen molar-refractivity contribution in [2.75, 3.05) is 6.61 Å². The molecule has 0 bridgehead atoms. The van der Waals surface area contributed by atoms with Gasteiger partial charge >= 0.3 is 0 Å². The van der Waals surface area contributed by atoms with E-state index in [-0.39, 0.29) is 4.90 Å². The number of hydrogen-bond donors (Lipinski definition) is 0. The van der Waals surface area contributed by atoms with Gasteiger partial charge in [0.15, 0.2) is 0 Å². The van der Waals surface area contributed by atoms with E-state index in [9.17, 15) is 8.42 Å². The lowest BCUT2D eigenvalue weighted by Gasteiger charge is -2.10. The van der Waals surface area contributed by atoms with Gasteiger partial charge < -0.3 is 4.74 Å². The van der Waals surface area contributed by atoms with Crippen molar-refractivity contribution in [3.8, 4) is 5.75 Å². The summed E-state index contributed by atoms with van der Waals surface area (Å²) in [6, 6.07) is 4.70. The number of nitrogens with zero attached hydrogens (tertiary/aromatic N) is 2. The first-order valence-electron chi connectivity index (χ1n) is 5.71. The molecule has 0 unspecified atom stereocenters. The predicted molar refractivity (Wildman–Crippen MR) is 74.7 cm³/mol. The SMILES string of the molecule is CCCOc1cc(S(=O)(=O)n2ccnc2)ccc1Br. The molecule has 19 heavy (non-hydrogen) atoms. The quantitative estimate of drug-likeness (QED) is 0.836. The van der Waals surface area contributed by atoms with Crippen LogP contribution < -0.4 is 4.74 Å². The van der Waals surface area contributed by atoms with E-state index in [1.54, 1.807) is 6.07 Å². The average molecular weight is 345 g/mol. The first-order valence-corrected chi connectivity index (χ1v) is 7.95. The molecular formula is C12H13BrN2O3S. The first kappa shape index (κ1) is 14.1. The number of benzene rings is 1. The Morgan fingerprint density at radius 1 is 1.42 bits per heavy atom. The molecule has 0 aliphatic heterocycles. The number of aromatic nitrogens is 2. The van der Waals surface area contributed by atoms with Gasteiger partial charge in [0.1, 0.15) is 12.1 Å². The smallest absolute Gasteiger partial charge is 0.269 e. The van der Waals surface area contributed by atoms with Crippen molar-refractivity contribution in [2.45, 2.75) is 18.2 Å². The highest BCUT2D eigenvalue weighted by Gasteiger charge is 2.18. The molecule has 102 valence electrons. The van der Waals surface area contributed by atoms with Crippen molar-refractivity contribution in [2.24, 2.45) is 0 Å². The average Bonchev–Trinajstić information content (AvgIpc) is 2.92. The fourth-order valence-corrected chi connectivity index (χ4v) is 2.97. The summed E-state index contributed by atoms with van der Waals surface area (Å²) < 4.78 is 31.9. The summed E-state index contributed by atoms with van der Waals surface area (Å²) in [6.45, 7) is 2.52. The van der Waals surface area contributed by atoms with Gasteiger partial charge in [-0.1, -0.05) is 6.92 Å². The van der Waals surface area contributed by atoms with Gasteiger partial charge in [0.05, 0.1) is 16.0 Å². The molecule has 0 aliphatic carbocycles. The molecular weight excluding hydrogens is 332 g/mol. The van der Waals surface area contributed by atoms with E-state index in [0.29, 0.717) is 12.4 Å². The third-order valence-electron chi connectivity index (χ3n) is 2.42. The summed E-state index contributed by atoms with van der Waals surface area (Å²) in [4.78, 5) is 3.91. The van der Waals surface area contributed by atoms with Crippen LogP contribution in [0.25, 0.3) is 0 Å². The summed E-state index contributed by atoms with van der Waals surface area (Å²) in [6.07, 6.45) is 4.92. The van der Waals surface area contributed by atoms with Crippen LogP contribution in [0.15, 0.2) is 46.3 Å². The second kappa shape index (κ2) is 5.75. The number of hydrogen-bond acceptors (Lipinski definition) is 4. The Bertz CT molecular complexity index is 654. The minimum Gasteiger partial charge on any atom is -0.492 e. The highest BCUT2D eigenvalue weighted by atomic mass is 79.9. The van der Waals surface area contributed by atoms with Crippen LogP contribution in [0.3, 0.4) is 0 Å². The van der Waals surface area contributed by atoms with Crippen LogP contribution in [0.2, 0.25) is 0 Å². The maximum absolute atomic E-state index is 12.3. The lowest BCUT2D eigenvalue weighted by atomic mass is 10.3. The van der Waals surface area contributed by atoms with E-state index < -0.39 is 10.0 Å². The Balaban J connectivity index is 2.41. The van der Waals surface area contributed by atoms with Crippen LogP contribution in [0.1, 0.15) is 13.3 Å². The maximum atomic E-state index is 12.3. The molecule has 7 heteroatoms. The van der Waals surface area contributed by atoms with Crippen molar-refractivity contribution in [3.05, 3.63) is 41.4 Å². The number of halogens is 1. The van der Waals surface area contributed by atoms with E-state index in [1.807, 2.05) is 6.92 Å². The van der Waals surface area contributed by atoms with Gasteiger partial charge in [-0.3, -0.25) is 0 Å². The zero-order valence-corrected chi connectivity index (χ0v) is 12.7. The van der Waals surface area contributed by atoms with Crippen molar-refractivity contribution < 1.29 is 13.2 Å². The standard InChI is InChI=1S/C12H13BrN2O3S/c1-2-7-18-12-8-10(3-4-11(12)13)19(16,17)15-6-5-14-9-15/h3-6,8-9H,2,7H2,1H3. The molecule has 0 spiro atoms. The lowest BCUT2D eigenvalue weighted by Crippen LogP contribution is -2.11. The van der Waals surface area contributed by atoms with Crippen molar-refractivity contribution in [3.63, 3.8) is 0 Å². The molecule has 0 fully saturated rings. The van der Waals surface area contributed by atoms with E-state index in [1.165, 1.54) is 30.9 Å². The highest BCUT2D eigenvalue weighted by Crippen LogP contribution is 2.28. The second-order valence-electron chi connectivity index (χ2n) is 3.84. The molecule has 1 aromatic heterocycles. The Morgan fingerprint density at radius 3 is 2.84 bits per heavy atom. The zero-order chi connectivity index (χ0) is 13.9. The topological polar surface area (TPSA) is 61.2 Å². The van der Waals surface area contributed by atoms with Crippen LogP contribution >= 0.6 is 15.9 Å². The third kappa shape index (κ3) is 2.98. The Kier molecular flexibility index (Phi) is 4.26. The van der Waals surface area contributed by atoms with Crippen LogP contribution in [0.4, 0.5) is 0 Å². The molecule has 0 atom stereocenters. The lowest BCUT2D eigenvalue weighted by molar-refractivity contribution is 0.314. The summed E-state index contributed by atoms with van der Waals surface area (Å²) in [7, 11) is -3.61. The number of ether oxygens (including phenoxy) is 1. The first-order chi connectivity index (χ1) is 9.05. The van der Waals surface area contributed by atoms with Crippen LogP contribution in [-0.4, -0.2) is 24.0 Å². The Labute approximate surface area is 120 Å². The van der Waals surface area contributed by atoms with Crippen molar-refractivity contribution in [1.82, 2.24) is 8.96 Å². The molecule has 0 amide bonds. The fourth-order valence-electron chi connectivity index (χ4n) is 1.48. The zero-order valence-electron chi connectivity index (χ0n) is 10.3. The molecule has 0 radical (unpaired) electrons. The van der Waals surface area contributed by atoms with Gasteiger partial charge in [0.2, 0.25) is 0 Å². The Hall–Kier alpha value is -1.34. The fraction of sp³-hybridized carbons (Fsp3) is 0.250. The molecule has 0 saturated carbocycles. The monoisotopic (exact) mass is 344 g/mol. The van der Waals surface area contributed by atoms with Crippen molar-refractivity contribution >= 4 is 26.0 Å². The van der Waals surface area contributed by atoms with Crippen LogP contribution in [0.5, 0.6) is 5.75 Å². The molecule has 2 rings (SSSR count). The maximum Gasteiger partial charge on any atom is 0.269 e. The van der Waals surface area contributed by atoms with E-state index in [2.05, 4.69) is 20.9 Å². The molecule has 1 aromatic carbocycles. The van der Waals surface area contributed by atoms with Gasteiger partial charge in [-0.05, 0) is 34.5 Å². The van der Waals surface area contributed by atoms with E-state index >= 15 is 0 Å². The number of rotatable bonds is 5. The molecule has 1 heterocycles. The largest absolute Gasteiger partial charge is 0.492 e. The Morgan fingerprint density at radius 2 is 2.21 bits per heavy atom. The van der Waals surface area contributed by atoms with Crippen LogP contribution in [0, 0.1) is 0 Å². The van der Waals surface area contributed by atoms with E-state index in [0.717, 1.165) is 14.9 Å². The van der Waals surface area contributed by atoms with E-state index in [4.69, 9.17) is 4.74 Å². The van der Waals surface area contributed by atoms with Gasteiger partial charge in [0.25, 0.3) is 10.0 Å². The minimum atomic E-state index is -3.61. The summed E-state index contributed by atoms with van der Waals surface area (Å²) in [5.41, 5.74) is 0. The van der Waals surface area contributed by atoms with Gasteiger partial charge in [0, 0.05) is 18.5 Å². The molecule has 0 saturated heterocycles. The normalized spacial score (nSPS) is 11.5. The molecule has 0 N–H and O–H groups in total. The minimum absolute atomic E-state index is 0.166. The molecule has 2 aromatic rings. The third-order valence-corrected chi connectivity index (χ3v) is 4.70. The van der Waals surface area contributed by atoms with Crippen LogP contribution in [-0.2, 0) is 10.0 Å². The number of imidazole rings is 1. The molecule has 0 aliphatic rings. The summed E-state index contributed by atoms with van der Waals surface area (Å²) in [5, 5.41) is 0. The van der Waals surface area contributed by atoms with Gasteiger partial charge in [-0.15, -0.1) is 0 Å².